The number of rotatable bonds is 5. The highest BCUT2D eigenvalue weighted by atomic mass is 32.2. The summed E-state index contributed by atoms with van der Waals surface area (Å²) in [7, 11) is 0. The van der Waals surface area contributed by atoms with Gasteiger partial charge in [0, 0.05) is 10.6 Å². The van der Waals surface area contributed by atoms with E-state index < -0.39 is 12.8 Å². The fourth-order valence-electron chi connectivity index (χ4n) is 1.51. The van der Waals surface area contributed by atoms with E-state index in [4.69, 9.17) is 0 Å². The Morgan fingerprint density at radius 1 is 0.957 bits per heavy atom. The van der Waals surface area contributed by atoms with Gasteiger partial charge in [-0.05, 0) is 55.3 Å². The molecule has 23 heavy (non-hydrogen) atoms. The Morgan fingerprint density at radius 2 is 1.52 bits per heavy atom. The average molecular weight is 343 g/mol. The van der Waals surface area contributed by atoms with Crippen LogP contribution in [0.15, 0.2) is 53.4 Å². The van der Waals surface area contributed by atoms with Crippen LogP contribution in [-0.4, -0.2) is 12.8 Å². The van der Waals surface area contributed by atoms with Gasteiger partial charge in [0.2, 0.25) is 0 Å². The summed E-state index contributed by atoms with van der Waals surface area (Å²) in [5.41, 5.74) is 2.14. The first-order valence-corrected chi connectivity index (χ1v) is 8.03. The van der Waals surface area contributed by atoms with Gasteiger partial charge in [0.1, 0.15) is 5.75 Å². The first-order valence-electron chi connectivity index (χ1n) is 7.21. The standard InChI is InChI=1S/C15H14F3NOS.C2H6/c1-11-2-4-12(5-3-11)19-21-14-8-6-13(7-9-14)20-10-15(16,17)18;1-2/h2-9,19H,10H2,1H3;1-2H3. The molecule has 0 radical (unpaired) electrons. The zero-order valence-corrected chi connectivity index (χ0v) is 14.1. The lowest BCUT2D eigenvalue weighted by molar-refractivity contribution is -0.153. The summed E-state index contributed by atoms with van der Waals surface area (Å²) in [6.45, 7) is 4.73. The Labute approximate surface area is 139 Å². The van der Waals surface area contributed by atoms with Crippen molar-refractivity contribution in [3.05, 3.63) is 54.1 Å². The Morgan fingerprint density at radius 3 is 2.04 bits per heavy atom. The molecule has 2 nitrogen and oxygen atoms in total. The van der Waals surface area contributed by atoms with E-state index in [0.29, 0.717) is 0 Å². The van der Waals surface area contributed by atoms with Crippen molar-refractivity contribution in [1.29, 1.82) is 0 Å². The van der Waals surface area contributed by atoms with E-state index in [1.807, 2.05) is 45.0 Å². The zero-order chi connectivity index (χ0) is 17.3. The van der Waals surface area contributed by atoms with Crippen LogP contribution in [0.2, 0.25) is 0 Å². The number of anilines is 1. The lowest BCUT2D eigenvalue weighted by atomic mass is 10.2. The molecular formula is C17H20F3NOS. The number of ether oxygens (including phenoxy) is 1. The molecule has 0 saturated heterocycles. The highest BCUT2D eigenvalue weighted by Gasteiger charge is 2.28. The average Bonchev–Trinajstić information content (AvgIpc) is 2.55. The molecular weight excluding hydrogens is 323 g/mol. The molecule has 0 aliphatic carbocycles. The smallest absolute Gasteiger partial charge is 0.422 e. The van der Waals surface area contributed by atoms with E-state index >= 15 is 0 Å². The van der Waals surface area contributed by atoms with Crippen molar-refractivity contribution in [2.45, 2.75) is 31.8 Å². The number of benzene rings is 2. The Kier molecular flexibility index (Phi) is 7.81. The van der Waals surface area contributed by atoms with Gasteiger partial charge in [-0.1, -0.05) is 31.5 Å². The second-order valence-electron chi connectivity index (χ2n) is 4.45. The molecule has 0 spiro atoms. The largest absolute Gasteiger partial charge is 0.484 e. The van der Waals surface area contributed by atoms with Gasteiger partial charge in [0.25, 0.3) is 0 Å². The van der Waals surface area contributed by atoms with Crippen molar-refractivity contribution < 1.29 is 17.9 Å². The first-order chi connectivity index (χ1) is 10.9. The van der Waals surface area contributed by atoms with E-state index in [9.17, 15) is 13.2 Å². The fourth-order valence-corrected chi connectivity index (χ4v) is 2.15. The molecule has 0 heterocycles. The van der Waals surface area contributed by atoms with Crippen LogP contribution >= 0.6 is 11.9 Å². The lowest BCUT2D eigenvalue weighted by Crippen LogP contribution is -2.19. The van der Waals surface area contributed by atoms with Crippen LogP contribution < -0.4 is 9.46 Å². The lowest BCUT2D eigenvalue weighted by Gasteiger charge is -2.10. The highest BCUT2D eigenvalue weighted by molar-refractivity contribution is 8.00. The first kappa shape index (κ1) is 19.2. The fraction of sp³-hybridized carbons (Fsp3) is 0.294. The van der Waals surface area contributed by atoms with Gasteiger partial charge in [0.05, 0.1) is 0 Å². The maximum Gasteiger partial charge on any atom is 0.422 e. The third kappa shape index (κ3) is 7.83. The molecule has 0 aliphatic rings. The molecule has 0 fully saturated rings. The Hall–Kier alpha value is -1.82. The summed E-state index contributed by atoms with van der Waals surface area (Å²) >= 11 is 1.38. The van der Waals surface area contributed by atoms with Gasteiger partial charge >= 0.3 is 6.18 Å². The molecule has 2 rings (SSSR count). The molecule has 2 aromatic carbocycles. The molecule has 2 aromatic rings. The second-order valence-corrected chi connectivity index (χ2v) is 5.33. The van der Waals surface area contributed by atoms with Gasteiger partial charge in [-0.15, -0.1) is 0 Å². The van der Waals surface area contributed by atoms with Crippen molar-refractivity contribution in [3.63, 3.8) is 0 Å². The maximum absolute atomic E-state index is 12.0. The predicted octanol–water partition coefficient (Wildman–Crippen LogP) is 6.08. The monoisotopic (exact) mass is 343 g/mol. The maximum atomic E-state index is 12.0. The van der Waals surface area contributed by atoms with Crippen LogP contribution in [0.25, 0.3) is 0 Å². The van der Waals surface area contributed by atoms with Crippen LogP contribution in [-0.2, 0) is 0 Å². The van der Waals surface area contributed by atoms with Crippen molar-refractivity contribution in [2.24, 2.45) is 0 Å². The minimum Gasteiger partial charge on any atom is -0.484 e. The number of hydrogen-bond acceptors (Lipinski definition) is 3. The summed E-state index contributed by atoms with van der Waals surface area (Å²) in [5, 5.41) is 0. The van der Waals surface area contributed by atoms with Crippen molar-refractivity contribution in [3.8, 4) is 5.75 Å². The van der Waals surface area contributed by atoms with Gasteiger partial charge < -0.3 is 9.46 Å². The van der Waals surface area contributed by atoms with Crippen molar-refractivity contribution >= 4 is 17.6 Å². The minimum absolute atomic E-state index is 0.201. The molecule has 126 valence electrons. The normalized spacial score (nSPS) is 10.5. The van der Waals surface area contributed by atoms with E-state index in [-0.39, 0.29) is 5.75 Å². The molecule has 1 N–H and O–H groups in total. The van der Waals surface area contributed by atoms with Gasteiger partial charge in [-0.2, -0.15) is 13.2 Å². The van der Waals surface area contributed by atoms with E-state index in [1.165, 1.54) is 29.6 Å². The number of nitrogens with one attached hydrogen (secondary N) is 1. The van der Waals surface area contributed by atoms with Crippen LogP contribution in [0.5, 0.6) is 5.75 Å². The van der Waals surface area contributed by atoms with E-state index in [2.05, 4.69) is 9.46 Å². The summed E-state index contributed by atoms with van der Waals surface area (Å²) in [6, 6.07) is 14.4. The number of aryl methyl sites for hydroxylation is 1. The minimum atomic E-state index is -4.32. The molecule has 0 atom stereocenters. The van der Waals surface area contributed by atoms with Crippen LogP contribution in [0.3, 0.4) is 0 Å². The molecule has 0 saturated carbocycles. The second kappa shape index (κ2) is 9.35. The van der Waals surface area contributed by atoms with Crippen LogP contribution in [0.4, 0.5) is 18.9 Å². The van der Waals surface area contributed by atoms with Gasteiger partial charge in [0.15, 0.2) is 6.61 Å². The molecule has 0 unspecified atom stereocenters. The number of hydrogen-bond donors (Lipinski definition) is 1. The van der Waals surface area contributed by atoms with Gasteiger partial charge in [-0.25, -0.2) is 0 Å². The molecule has 6 heteroatoms. The highest BCUT2D eigenvalue weighted by Crippen LogP contribution is 2.24. The summed E-state index contributed by atoms with van der Waals surface area (Å²) in [5.74, 6) is 0.201. The van der Waals surface area contributed by atoms with E-state index in [0.717, 1.165) is 10.6 Å². The van der Waals surface area contributed by atoms with Crippen LogP contribution in [0.1, 0.15) is 19.4 Å². The third-order valence-electron chi connectivity index (χ3n) is 2.56. The van der Waals surface area contributed by atoms with Crippen LogP contribution in [0, 0.1) is 6.92 Å². The molecule has 0 bridgehead atoms. The predicted molar refractivity (Wildman–Crippen MR) is 90.0 cm³/mol. The third-order valence-corrected chi connectivity index (χ3v) is 3.41. The summed E-state index contributed by atoms with van der Waals surface area (Å²) in [6.07, 6.45) is -4.32. The Balaban J connectivity index is 0.00000127. The van der Waals surface area contributed by atoms with Crippen molar-refractivity contribution in [2.75, 3.05) is 11.3 Å². The molecule has 0 aromatic heterocycles. The van der Waals surface area contributed by atoms with Gasteiger partial charge in [-0.3, -0.25) is 0 Å². The quantitative estimate of drug-likeness (QED) is 0.665. The number of alkyl halides is 3. The summed E-state index contributed by atoms with van der Waals surface area (Å²) < 4.78 is 43.9. The molecule has 0 amide bonds. The SMILES string of the molecule is CC.Cc1ccc(NSc2ccc(OCC(F)(F)F)cc2)cc1. The zero-order valence-electron chi connectivity index (χ0n) is 13.3. The summed E-state index contributed by atoms with van der Waals surface area (Å²) in [4.78, 5) is 0.884. The number of halogens is 3. The molecule has 0 aliphatic heterocycles. The Bertz CT molecular complexity index is 568. The van der Waals surface area contributed by atoms with Crippen molar-refractivity contribution in [1.82, 2.24) is 0 Å². The van der Waals surface area contributed by atoms with E-state index in [1.54, 1.807) is 12.1 Å². The topological polar surface area (TPSA) is 21.3 Å².